The van der Waals surface area contributed by atoms with E-state index in [4.69, 9.17) is 0 Å². The summed E-state index contributed by atoms with van der Waals surface area (Å²) in [5.74, 6) is -0.0668. The summed E-state index contributed by atoms with van der Waals surface area (Å²) in [5.41, 5.74) is 0.748. The van der Waals surface area contributed by atoms with Crippen molar-refractivity contribution in [3.63, 3.8) is 0 Å². The molecule has 5 aliphatic rings. The Morgan fingerprint density at radius 3 is 2.40 bits per heavy atom. The number of carbonyl (C=O) groups is 1. The lowest BCUT2D eigenvalue weighted by Crippen LogP contribution is -2.68. The van der Waals surface area contributed by atoms with Gasteiger partial charge in [0.2, 0.25) is 0 Å². The van der Waals surface area contributed by atoms with Crippen LogP contribution < -0.4 is 0 Å². The molecule has 4 saturated carbocycles. The molecular formula is C30H46O5. The number of hydrogen-bond donors (Lipinski definition) is 4. The van der Waals surface area contributed by atoms with Gasteiger partial charge in [-0.25, -0.2) is 0 Å². The van der Waals surface area contributed by atoms with Crippen molar-refractivity contribution in [1.82, 2.24) is 0 Å². The number of fused-ring (bicyclic) bond motifs is 7. The van der Waals surface area contributed by atoms with Crippen molar-refractivity contribution in [3.8, 4) is 0 Å². The topological polar surface area (TPSA) is 98.0 Å². The number of carboxylic acids is 1. The normalized spacial score (nSPS) is 55.7. The Balaban J connectivity index is 1.63. The summed E-state index contributed by atoms with van der Waals surface area (Å²) >= 11 is 0. The number of aliphatic carboxylic acids is 1. The Kier molecular flexibility index (Phi) is 5.59. The van der Waals surface area contributed by atoms with Crippen molar-refractivity contribution in [3.05, 3.63) is 23.8 Å². The Hall–Kier alpha value is -1.17. The van der Waals surface area contributed by atoms with Gasteiger partial charge in [0.25, 0.3) is 0 Å². The van der Waals surface area contributed by atoms with E-state index in [2.05, 4.69) is 40.3 Å². The maximum absolute atomic E-state index is 12.8. The summed E-state index contributed by atoms with van der Waals surface area (Å²) < 4.78 is 0. The third-order valence-electron chi connectivity index (χ3n) is 13.1. The maximum atomic E-state index is 12.8. The molecule has 0 amide bonds. The number of carboxylic acid groups (broad SMARTS) is 1. The van der Waals surface area contributed by atoms with Crippen molar-refractivity contribution < 1.29 is 25.2 Å². The van der Waals surface area contributed by atoms with E-state index in [1.165, 1.54) is 11.1 Å². The fourth-order valence-electron chi connectivity index (χ4n) is 10.7. The molecule has 5 aliphatic carbocycles. The van der Waals surface area contributed by atoms with Gasteiger partial charge in [-0.15, -0.1) is 0 Å². The van der Waals surface area contributed by atoms with Gasteiger partial charge in [-0.2, -0.15) is 0 Å². The van der Waals surface area contributed by atoms with E-state index in [1.807, 2.05) is 6.92 Å². The van der Waals surface area contributed by atoms with Crippen LogP contribution in [0.1, 0.15) is 86.0 Å². The van der Waals surface area contributed by atoms with Gasteiger partial charge < -0.3 is 20.4 Å². The van der Waals surface area contributed by atoms with Crippen molar-refractivity contribution in [2.75, 3.05) is 6.61 Å². The summed E-state index contributed by atoms with van der Waals surface area (Å²) in [7, 11) is 0. The molecule has 0 heterocycles. The highest BCUT2D eigenvalue weighted by Crippen LogP contribution is 2.75. The zero-order chi connectivity index (χ0) is 25.8. The molecule has 0 radical (unpaired) electrons. The van der Waals surface area contributed by atoms with Gasteiger partial charge in [-0.3, -0.25) is 4.79 Å². The fraction of sp³-hybridized carbons (Fsp3) is 0.833. The third kappa shape index (κ3) is 2.89. The van der Waals surface area contributed by atoms with Crippen LogP contribution in [0, 0.1) is 50.7 Å². The van der Waals surface area contributed by atoms with E-state index >= 15 is 0 Å². The van der Waals surface area contributed by atoms with E-state index in [0.29, 0.717) is 25.2 Å². The van der Waals surface area contributed by atoms with Crippen LogP contribution in [0.15, 0.2) is 23.8 Å². The molecule has 0 unspecified atom stereocenters. The molecule has 0 bridgehead atoms. The first-order chi connectivity index (χ1) is 16.2. The molecule has 196 valence electrons. The van der Waals surface area contributed by atoms with Crippen LogP contribution >= 0.6 is 0 Å². The minimum Gasteiger partial charge on any atom is -0.481 e. The van der Waals surface area contributed by atoms with Crippen molar-refractivity contribution in [2.24, 2.45) is 50.7 Å². The van der Waals surface area contributed by atoms with Crippen LogP contribution in [0.2, 0.25) is 0 Å². The van der Waals surface area contributed by atoms with Crippen molar-refractivity contribution in [1.29, 1.82) is 0 Å². The molecule has 11 atom stereocenters. The molecule has 4 fully saturated rings. The standard InChI is InChI=1S/C30H46O5/c1-17-9-12-30(25(34)35)14-13-28(5)19(23(30)18(17)2)7-8-22-26(3)15-20(32)24(33)27(4,16-31)21(26)10-11-29(22,28)6/h7,18,20-24,31-33H,1,8-16H2,2-6H3,(H,34,35)/t18-,20+,21+,22+,23-,24-,26+,27+,28+,29-,30-/m0/s1. The monoisotopic (exact) mass is 486 g/mol. The van der Waals surface area contributed by atoms with Gasteiger partial charge in [-0.05, 0) is 85.4 Å². The molecule has 4 N–H and O–H groups in total. The largest absolute Gasteiger partial charge is 0.481 e. The molecule has 0 aromatic carbocycles. The quantitative estimate of drug-likeness (QED) is 0.414. The first-order valence-electron chi connectivity index (χ1n) is 13.8. The van der Waals surface area contributed by atoms with Crippen LogP contribution in [0.3, 0.4) is 0 Å². The second-order valence-electron chi connectivity index (χ2n) is 14.1. The highest BCUT2D eigenvalue weighted by atomic mass is 16.4. The molecule has 0 aromatic heterocycles. The molecule has 0 spiro atoms. The average Bonchev–Trinajstić information content (AvgIpc) is 2.80. The predicted molar refractivity (Wildman–Crippen MR) is 135 cm³/mol. The summed E-state index contributed by atoms with van der Waals surface area (Å²) in [5, 5.41) is 42.8. The minimum atomic E-state index is -0.917. The first-order valence-corrected chi connectivity index (χ1v) is 13.8. The fourth-order valence-corrected chi connectivity index (χ4v) is 10.7. The third-order valence-corrected chi connectivity index (χ3v) is 13.1. The minimum absolute atomic E-state index is 0.00946. The molecular weight excluding hydrogens is 440 g/mol. The predicted octanol–water partition coefficient (Wildman–Crippen LogP) is 4.95. The SMILES string of the molecule is C=C1CC[C@]2(C(=O)O)CC[C@]3(C)C(=CC[C@@H]4[C@]5(C)C[C@@H](O)[C@H](O)[C@](C)(CO)[C@@H]5CC[C@@]43C)[C@@H]2[C@H]1C. The summed E-state index contributed by atoms with van der Waals surface area (Å²) in [6.07, 6.45) is 7.00. The molecule has 0 aliphatic heterocycles. The zero-order valence-electron chi connectivity index (χ0n) is 22.3. The van der Waals surface area contributed by atoms with E-state index in [9.17, 15) is 25.2 Å². The van der Waals surface area contributed by atoms with Gasteiger partial charge in [0.15, 0.2) is 0 Å². The molecule has 5 nitrogen and oxygen atoms in total. The second-order valence-corrected chi connectivity index (χ2v) is 14.1. The number of aliphatic hydroxyl groups is 3. The smallest absolute Gasteiger partial charge is 0.310 e. The lowest BCUT2D eigenvalue weighted by Gasteiger charge is -2.71. The molecule has 5 heteroatoms. The van der Waals surface area contributed by atoms with Crippen molar-refractivity contribution in [2.45, 2.75) is 98.2 Å². The summed E-state index contributed by atoms with van der Waals surface area (Å²) in [4.78, 5) is 12.8. The number of allylic oxidation sites excluding steroid dienone is 3. The number of rotatable bonds is 2. The van der Waals surface area contributed by atoms with E-state index < -0.39 is 29.0 Å². The Morgan fingerprint density at radius 1 is 1.09 bits per heavy atom. The highest BCUT2D eigenvalue weighted by Gasteiger charge is 2.70. The van der Waals surface area contributed by atoms with Gasteiger partial charge in [-0.1, -0.05) is 58.4 Å². The maximum Gasteiger partial charge on any atom is 0.310 e. The lowest BCUT2D eigenvalue weighted by atomic mass is 9.33. The number of aliphatic hydroxyl groups excluding tert-OH is 3. The molecule has 0 aromatic rings. The van der Waals surface area contributed by atoms with Crippen LogP contribution in [0.4, 0.5) is 0 Å². The van der Waals surface area contributed by atoms with Gasteiger partial charge in [0.05, 0.1) is 24.2 Å². The van der Waals surface area contributed by atoms with Gasteiger partial charge in [0.1, 0.15) is 0 Å². The van der Waals surface area contributed by atoms with Crippen molar-refractivity contribution >= 4 is 5.97 Å². The second kappa shape index (κ2) is 7.68. The molecule has 5 rings (SSSR count). The molecule has 0 saturated heterocycles. The summed E-state index contributed by atoms with van der Waals surface area (Å²) in [6.45, 7) is 15.5. The van der Waals surface area contributed by atoms with E-state index in [1.54, 1.807) is 0 Å². The average molecular weight is 487 g/mol. The van der Waals surface area contributed by atoms with E-state index in [-0.39, 0.29) is 40.6 Å². The Labute approximate surface area is 210 Å². The van der Waals surface area contributed by atoms with Crippen LogP contribution in [-0.4, -0.2) is 45.2 Å². The molecule has 35 heavy (non-hydrogen) atoms. The van der Waals surface area contributed by atoms with Gasteiger partial charge >= 0.3 is 5.97 Å². The first kappa shape index (κ1) is 25.5. The Bertz CT molecular complexity index is 972. The highest BCUT2D eigenvalue weighted by molar-refractivity contribution is 5.77. The lowest BCUT2D eigenvalue weighted by molar-refractivity contribution is -0.243. The van der Waals surface area contributed by atoms with Crippen LogP contribution in [0.5, 0.6) is 0 Å². The summed E-state index contributed by atoms with van der Waals surface area (Å²) in [6, 6.07) is 0. The zero-order valence-corrected chi connectivity index (χ0v) is 22.3. The van der Waals surface area contributed by atoms with E-state index in [0.717, 1.165) is 32.1 Å². The number of hydrogen-bond acceptors (Lipinski definition) is 4. The van der Waals surface area contributed by atoms with Gasteiger partial charge in [0, 0.05) is 11.3 Å². The van der Waals surface area contributed by atoms with Crippen LogP contribution in [0.25, 0.3) is 0 Å². The van der Waals surface area contributed by atoms with Crippen LogP contribution in [-0.2, 0) is 4.79 Å². The Morgan fingerprint density at radius 2 is 1.77 bits per heavy atom.